The minimum absolute atomic E-state index is 0.399. The summed E-state index contributed by atoms with van der Waals surface area (Å²) < 4.78 is 11.4. The molecule has 0 heterocycles. The van der Waals surface area contributed by atoms with Gasteiger partial charge in [-0.05, 0) is 77.4 Å². The Bertz CT molecular complexity index is 1400. The zero-order chi connectivity index (χ0) is 28.7. The second-order valence-corrected chi connectivity index (χ2v) is 10.9. The first-order valence-electron chi connectivity index (χ1n) is 14.9. The molecule has 41 heavy (non-hydrogen) atoms. The first-order chi connectivity index (χ1) is 20.1. The molecule has 4 aromatic carbocycles. The molecule has 0 atom stereocenters. The highest BCUT2D eigenvalue weighted by Crippen LogP contribution is 2.31. The molecule has 0 radical (unpaired) electrons. The number of aliphatic imine (C=N–C) groups is 1. The second kappa shape index (κ2) is 16.6. The maximum absolute atomic E-state index is 12.6. The number of benzene rings is 4. The molecule has 0 bridgehead atoms. The van der Waals surface area contributed by atoms with Crippen LogP contribution in [0.15, 0.2) is 94.8 Å². The largest absolute Gasteiger partial charge is 0.494 e. The van der Waals surface area contributed by atoms with E-state index in [1.54, 1.807) is 30.5 Å². The van der Waals surface area contributed by atoms with E-state index in [9.17, 15) is 4.79 Å². The SMILES string of the molecule is CCCCCCCCCCCCOc1ccc(C(=O)Oc2ccc(C=Nc3ccc4ccccc4c3S)cc2)cc1. The lowest BCUT2D eigenvalue weighted by molar-refractivity contribution is 0.0734. The number of rotatable bonds is 16. The maximum Gasteiger partial charge on any atom is 0.343 e. The Kier molecular flexibility index (Phi) is 12.3. The molecule has 0 aliphatic rings. The van der Waals surface area contributed by atoms with Crippen LogP contribution in [-0.4, -0.2) is 18.8 Å². The van der Waals surface area contributed by atoms with E-state index in [-0.39, 0.29) is 0 Å². The van der Waals surface area contributed by atoms with Gasteiger partial charge in [0.25, 0.3) is 0 Å². The molecule has 5 heteroatoms. The van der Waals surface area contributed by atoms with Gasteiger partial charge in [-0.2, -0.15) is 0 Å². The second-order valence-electron chi connectivity index (χ2n) is 10.4. The van der Waals surface area contributed by atoms with E-state index >= 15 is 0 Å². The molecule has 0 aliphatic heterocycles. The minimum Gasteiger partial charge on any atom is -0.494 e. The fourth-order valence-electron chi connectivity index (χ4n) is 4.75. The van der Waals surface area contributed by atoms with Crippen LogP contribution < -0.4 is 9.47 Å². The summed E-state index contributed by atoms with van der Waals surface area (Å²) in [6, 6.07) is 26.5. The quantitative estimate of drug-likeness (QED) is 0.0482. The van der Waals surface area contributed by atoms with E-state index in [1.165, 1.54) is 57.8 Å². The molecule has 4 nitrogen and oxygen atoms in total. The average Bonchev–Trinajstić information content (AvgIpc) is 3.00. The van der Waals surface area contributed by atoms with Crippen molar-refractivity contribution in [3.05, 3.63) is 96.1 Å². The number of unbranched alkanes of at least 4 members (excludes halogenated alkanes) is 9. The number of hydrogen-bond acceptors (Lipinski definition) is 5. The lowest BCUT2D eigenvalue weighted by Crippen LogP contribution is -2.08. The standard InChI is InChI=1S/C36H41NO3S/c1-2-3-4-5-6-7-8-9-10-13-26-39-31-23-18-30(19-24-31)36(38)40-32-21-16-28(17-22-32)27-37-34-25-20-29-14-11-12-15-33(29)35(34)41/h11-12,14-25,27,41H,2-10,13,26H2,1H3. The van der Waals surface area contributed by atoms with E-state index < -0.39 is 5.97 Å². The molecule has 0 aromatic heterocycles. The summed E-state index contributed by atoms with van der Waals surface area (Å²) >= 11 is 4.67. The Hall–Kier alpha value is -3.57. The van der Waals surface area contributed by atoms with Gasteiger partial charge in [0.15, 0.2) is 0 Å². The van der Waals surface area contributed by atoms with Gasteiger partial charge in [0.1, 0.15) is 11.5 Å². The summed E-state index contributed by atoms with van der Waals surface area (Å²) in [6.45, 7) is 2.96. The lowest BCUT2D eigenvalue weighted by Gasteiger charge is -2.08. The molecular formula is C36H41NO3S. The molecule has 0 N–H and O–H groups in total. The van der Waals surface area contributed by atoms with Crippen molar-refractivity contribution in [2.24, 2.45) is 4.99 Å². The van der Waals surface area contributed by atoms with Crippen molar-refractivity contribution < 1.29 is 14.3 Å². The number of ether oxygens (including phenoxy) is 2. The van der Waals surface area contributed by atoms with Crippen LogP contribution in [0.25, 0.3) is 10.8 Å². The highest BCUT2D eigenvalue weighted by atomic mass is 32.1. The summed E-state index contributed by atoms with van der Waals surface area (Å²) in [6.07, 6.45) is 14.8. The lowest BCUT2D eigenvalue weighted by atomic mass is 10.1. The van der Waals surface area contributed by atoms with Crippen LogP contribution in [0.3, 0.4) is 0 Å². The molecule has 4 rings (SSSR count). The van der Waals surface area contributed by atoms with Crippen molar-refractivity contribution in [1.82, 2.24) is 0 Å². The number of thiol groups is 1. The Labute approximate surface area is 250 Å². The summed E-state index contributed by atoms with van der Waals surface area (Å²) in [5.74, 6) is 0.856. The average molecular weight is 568 g/mol. The predicted molar refractivity (Wildman–Crippen MR) is 174 cm³/mol. The smallest absolute Gasteiger partial charge is 0.343 e. The summed E-state index contributed by atoms with van der Waals surface area (Å²) in [4.78, 5) is 18.1. The molecule has 0 unspecified atom stereocenters. The number of nitrogens with zero attached hydrogens (tertiary/aromatic N) is 1. The zero-order valence-electron chi connectivity index (χ0n) is 24.1. The minimum atomic E-state index is -0.399. The summed E-state index contributed by atoms with van der Waals surface area (Å²) in [5.41, 5.74) is 2.19. The van der Waals surface area contributed by atoms with Gasteiger partial charge >= 0.3 is 5.97 Å². The van der Waals surface area contributed by atoms with Gasteiger partial charge in [0, 0.05) is 11.1 Å². The topological polar surface area (TPSA) is 47.9 Å². The highest BCUT2D eigenvalue weighted by molar-refractivity contribution is 7.80. The Morgan fingerprint density at radius 1 is 0.732 bits per heavy atom. The summed E-state index contributed by atoms with van der Waals surface area (Å²) in [7, 11) is 0. The Morgan fingerprint density at radius 3 is 2.07 bits per heavy atom. The number of fused-ring (bicyclic) bond motifs is 1. The van der Waals surface area contributed by atoms with Crippen molar-refractivity contribution in [3.63, 3.8) is 0 Å². The molecule has 0 saturated heterocycles. The molecule has 0 fully saturated rings. The van der Waals surface area contributed by atoms with Crippen LogP contribution in [-0.2, 0) is 0 Å². The first kappa shape index (κ1) is 30.4. The van der Waals surface area contributed by atoms with Gasteiger partial charge in [-0.25, -0.2) is 4.79 Å². The van der Waals surface area contributed by atoms with E-state index in [0.29, 0.717) is 17.9 Å². The highest BCUT2D eigenvalue weighted by Gasteiger charge is 2.09. The van der Waals surface area contributed by atoms with Crippen molar-refractivity contribution in [1.29, 1.82) is 0 Å². The van der Waals surface area contributed by atoms with E-state index in [2.05, 4.69) is 30.6 Å². The van der Waals surface area contributed by atoms with Crippen molar-refractivity contribution >= 4 is 41.3 Å². The van der Waals surface area contributed by atoms with Crippen LogP contribution in [0.5, 0.6) is 11.5 Å². The van der Waals surface area contributed by atoms with E-state index in [0.717, 1.165) is 39.1 Å². The molecule has 0 saturated carbocycles. The summed E-state index contributed by atoms with van der Waals surface area (Å²) in [5, 5.41) is 2.20. The van der Waals surface area contributed by atoms with Gasteiger partial charge in [-0.1, -0.05) is 95.0 Å². The molecule has 0 spiro atoms. The Morgan fingerprint density at radius 2 is 1.37 bits per heavy atom. The molecule has 214 valence electrons. The van der Waals surface area contributed by atoms with Crippen molar-refractivity contribution in [2.75, 3.05) is 6.61 Å². The predicted octanol–water partition coefficient (Wildman–Crippen LogP) is 10.4. The van der Waals surface area contributed by atoms with Crippen LogP contribution in [0.1, 0.15) is 87.1 Å². The van der Waals surface area contributed by atoms with Gasteiger partial charge in [-0.15, -0.1) is 12.6 Å². The van der Waals surface area contributed by atoms with Gasteiger partial charge < -0.3 is 9.47 Å². The number of hydrogen-bond donors (Lipinski definition) is 1. The molecule has 4 aromatic rings. The third-order valence-corrected chi connectivity index (χ3v) is 7.65. The fraction of sp³-hybridized carbons (Fsp3) is 0.333. The van der Waals surface area contributed by atoms with Gasteiger partial charge in [-0.3, -0.25) is 4.99 Å². The van der Waals surface area contributed by atoms with Crippen LogP contribution in [0, 0.1) is 0 Å². The first-order valence-corrected chi connectivity index (χ1v) is 15.4. The Balaban J connectivity index is 1.17. The van der Waals surface area contributed by atoms with Crippen molar-refractivity contribution in [2.45, 2.75) is 76.0 Å². The van der Waals surface area contributed by atoms with Crippen LogP contribution >= 0.6 is 12.6 Å². The van der Waals surface area contributed by atoms with Crippen molar-refractivity contribution in [3.8, 4) is 11.5 Å². The monoisotopic (exact) mass is 567 g/mol. The molecular weight excluding hydrogens is 526 g/mol. The number of carbonyl (C=O) groups is 1. The molecule has 0 aliphatic carbocycles. The van der Waals surface area contributed by atoms with Crippen LogP contribution in [0.4, 0.5) is 5.69 Å². The maximum atomic E-state index is 12.6. The third-order valence-electron chi connectivity index (χ3n) is 7.18. The van der Waals surface area contributed by atoms with Gasteiger partial charge in [0.05, 0.1) is 17.9 Å². The third kappa shape index (κ3) is 9.79. The zero-order valence-corrected chi connectivity index (χ0v) is 25.0. The van der Waals surface area contributed by atoms with Gasteiger partial charge in [0.2, 0.25) is 0 Å². The van der Waals surface area contributed by atoms with E-state index in [1.807, 2.05) is 54.6 Å². The normalized spacial score (nSPS) is 11.3. The number of esters is 1. The fourth-order valence-corrected chi connectivity index (χ4v) is 5.08. The number of carbonyl (C=O) groups excluding carboxylic acids is 1. The van der Waals surface area contributed by atoms with E-state index in [4.69, 9.17) is 9.47 Å². The van der Waals surface area contributed by atoms with Crippen LogP contribution in [0.2, 0.25) is 0 Å². The molecule has 0 amide bonds.